The third kappa shape index (κ3) is 3.85. The van der Waals surface area contributed by atoms with Gasteiger partial charge < -0.3 is 5.32 Å². The van der Waals surface area contributed by atoms with E-state index in [0.717, 1.165) is 0 Å². The van der Waals surface area contributed by atoms with Gasteiger partial charge in [-0.25, -0.2) is 9.97 Å². The van der Waals surface area contributed by atoms with Crippen LogP contribution in [0.4, 0.5) is 5.69 Å². The zero-order valence-corrected chi connectivity index (χ0v) is 16.7. The molecule has 4 rings (SSSR count). The van der Waals surface area contributed by atoms with Crippen molar-refractivity contribution >= 4 is 46.0 Å². The molecule has 0 fully saturated rings. The second kappa shape index (κ2) is 7.66. The van der Waals surface area contributed by atoms with Crippen LogP contribution in [0, 0.1) is 6.92 Å². The van der Waals surface area contributed by atoms with Crippen molar-refractivity contribution in [3.8, 4) is 5.69 Å². The van der Waals surface area contributed by atoms with Gasteiger partial charge in [-0.1, -0.05) is 29.3 Å². The van der Waals surface area contributed by atoms with Crippen molar-refractivity contribution in [2.75, 3.05) is 5.32 Å². The van der Waals surface area contributed by atoms with E-state index in [9.17, 15) is 9.59 Å². The number of benzene rings is 2. The number of anilines is 1. The maximum Gasteiger partial charge on any atom is 0.278 e. The second-order valence-electron chi connectivity index (χ2n) is 6.35. The van der Waals surface area contributed by atoms with Crippen LogP contribution in [0.1, 0.15) is 16.1 Å². The zero-order valence-electron chi connectivity index (χ0n) is 15.2. The molecule has 1 N–H and O–H groups in total. The number of halogens is 2. The molecule has 0 atom stereocenters. The molecular formula is C21H14Cl2N4O2. The highest BCUT2D eigenvalue weighted by Crippen LogP contribution is 2.21. The number of carbonyl (C=O) groups excluding carboxylic acids is 1. The van der Waals surface area contributed by atoms with Crippen LogP contribution in [0.2, 0.25) is 10.0 Å². The van der Waals surface area contributed by atoms with E-state index in [1.807, 2.05) is 0 Å². The molecule has 1 amide bonds. The van der Waals surface area contributed by atoms with E-state index in [4.69, 9.17) is 23.2 Å². The molecule has 0 spiro atoms. The molecule has 0 aliphatic rings. The summed E-state index contributed by atoms with van der Waals surface area (Å²) in [6.07, 6.45) is 1.60. The van der Waals surface area contributed by atoms with E-state index in [1.165, 1.54) is 16.7 Å². The van der Waals surface area contributed by atoms with Gasteiger partial charge in [0.2, 0.25) is 0 Å². The number of aryl methyl sites for hydroxylation is 1. The van der Waals surface area contributed by atoms with E-state index in [2.05, 4.69) is 15.3 Å². The number of nitrogens with zero attached hydrogens (tertiary/aromatic N) is 3. The molecule has 4 aromatic rings. The van der Waals surface area contributed by atoms with E-state index < -0.39 is 0 Å². The summed E-state index contributed by atoms with van der Waals surface area (Å²) in [5.41, 5.74) is 2.52. The first kappa shape index (κ1) is 19.1. The Hall–Kier alpha value is -3.22. The van der Waals surface area contributed by atoms with Crippen LogP contribution in [0.15, 0.2) is 65.6 Å². The van der Waals surface area contributed by atoms with Gasteiger partial charge in [-0.2, -0.15) is 0 Å². The van der Waals surface area contributed by atoms with Gasteiger partial charge in [0.25, 0.3) is 11.5 Å². The van der Waals surface area contributed by atoms with Crippen molar-refractivity contribution in [1.29, 1.82) is 0 Å². The smallest absolute Gasteiger partial charge is 0.278 e. The van der Waals surface area contributed by atoms with Crippen molar-refractivity contribution in [2.45, 2.75) is 6.92 Å². The molecule has 6 nitrogen and oxygen atoms in total. The molecule has 0 saturated carbocycles. The Morgan fingerprint density at radius 3 is 2.55 bits per heavy atom. The van der Waals surface area contributed by atoms with Crippen molar-refractivity contribution in [2.24, 2.45) is 0 Å². The highest BCUT2D eigenvalue weighted by atomic mass is 35.5. The predicted octanol–water partition coefficient (Wildman–Crippen LogP) is 4.65. The highest BCUT2D eigenvalue weighted by molar-refractivity contribution is 6.35. The molecule has 29 heavy (non-hydrogen) atoms. The van der Waals surface area contributed by atoms with E-state index in [1.54, 1.807) is 55.6 Å². The van der Waals surface area contributed by atoms with Crippen LogP contribution >= 0.6 is 23.2 Å². The van der Waals surface area contributed by atoms with Gasteiger partial charge >= 0.3 is 0 Å². The minimum Gasteiger partial charge on any atom is -0.322 e. The molecule has 0 bridgehead atoms. The fraction of sp³-hybridized carbons (Fsp3) is 0.0476. The Balaban J connectivity index is 1.75. The Bertz CT molecular complexity index is 1300. The van der Waals surface area contributed by atoms with Crippen LogP contribution in [0.5, 0.6) is 0 Å². The molecule has 2 aromatic heterocycles. The highest BCUT2D eigenvalue weighted by Gasteiger charge is 2.13. The van der Waals surface area contributed by atoms with Gasteiger partial charge in [-0.15, -0.1) is 0 Å². The maximum atomic E-state index is 12.8. The average molecular weight is 425 g/mol. The fourth-order valence-corrected chi connectivity index (χ4v) is 3.51. The van der Waals surface area contributed by atoms with E-state index >= 15 is 0 Å². The van der Waals surface area contributed by atoms with Gasteiger partial charge in [-0.3, -0.25) is 14.2 Å². The summed E-state index contributed by atoms with van der Waals surface area (Å²) in [5, 5.41) is 3.53. The molecule has 144 valence electrons. The van der Waals surface area contributed by atoms with Crippen LogP contribution in [0.25, 0.3) is 16.9 Å². The largest absolute Gasteiger partial charge is 0.322 e. The summed E-state index contributed by atoms with van der Waals surface area (Å²) in [7, 11) is 0. The van der Waals surface area contributed by atoms with Crippen molar-refractivity contribution in [3.63, 3.8) is 0 Å². The third-order valence-corrected chi connectivity index (χ3v) is 4.70. The SMILES string of the molecule is Cc1nc2cccnc2n(-c2cccc(NC(=O)c3cc(Cl)cc(Cl)c3)c2)c1=O. The summed E-state index contributed by atoms with van der Waals surface area (Å²) in [4.78, 5) is 33.9. The number of hydrogen-bond acceptors (Lipinski definition) is 4. The lowest BCUT2D eigenvalue weighted by atomic mass is 10.2. The van der Waals surface area contributed by atoms with E-state index in [-0.39, 0.29) is 11.5 Å². The second-order valence-corrected chi connectivity index (χ2v) is 7.22. The first-order chi connectivity index (χ1) is 13.9. The first-order valence-corrected chi connectivity index (χ1v) is 9.40. The Kier molecular flexibility index (Phi) is 5.05. The number of fused-ring (bicyclic) bond motifs is 1. The van der Waals surface area contributed by atoms with Crippen LogP contribution in [-0.2, 0) is 0 Å². The number of pyridine rings is 1. The van der Waals surface area contributed by atoms with Crippen molar-refractivity contribution in [1.82, 2.24) is 14.5 Å². The standard InChI is InChI=1S/C21H14Cl2N4O2/c1-12-21(29)27(19-18(25-12)6-3-7-24-19)17-5-2-4-16(11-17)26-20(28)13-8-14(22)10-15(23)9-13/h2-11H,1H3,(H,26,28). The summed E-state index contributed by atoms with van der Waals surface area (Å²) in [6, 6.07) is 15.1. The quantitative estimate of drug-likeness (QED) is 0.519. The Morgan fingerprint density at radius 1 is 1.03 bits per heavy atom. The number of aromatic nitrogens is 3. The van der Waals surface area contributed by atoms with Gasteiger partial charge in [0, 0.05) is 27.5 Å². The van der Waals surface area contributed by atoms with Crippen molar-refractivity contribution in [3.05, 3.63) is 92.5 Å². The Morgan fingerprint density at radius 2 is 1.79 bits per heavy atom. The molecule has 0 aliphatic carbocycles. The minimum absolute atomic E-state index is 0.277. The molecule has 0 saturated heterocycles. The van der Waals surface area contributed by atoms with Gasteiger partial charge in [-0.05, 0) is 55.5 Å². The molecule has 0 aliphatic heterocycles. The van der Waals surface area contributed by atoms with Gasteiger partial charge in [0.1, 0.15) is 11.2 Å². The van der Waals surface area contributed by atoms with Gasteiger partial charge in [0.05, 0.1) is 5.69 Å². The van der Waals surface area contributed by atoms with Crippen LogP contribution in [0.3, 0.4) is 0 Å². The minimum atomic E-state index is -0.368. The van der Waals surface area contributed by atoms with Crippen molar-refractivity contribution < 1.29 is 4.79 Å². The predicted molar refractivity (Wildman–Crippen MR) is 114 cm³/mol. The molecule has 2 aromatic carbocycles. The van der Waals surface area contributed by atoms with E-state index in [0.29, 0.717) is 43.8 Å². The number of hydrogen-bond donors (Lipinski definition) is 1. The van der Waals surface area contributed by atoms with Crippen LogP contribution in [-0.4, -0.2) is 20.4 Å². The number of carbonyl (C=O) groups is 1. The summed E-state index contributed by atoms with van der Waals surface area (Å²) >= 11 is 11.9. The van der Waals surface area contributed by atoms with Crippen LogP contribution < -0.4 is 10.9 Å². The fourth-order valence-electron chi connectivity index (χ4n) is 2.99. The molecule has 2 heterocycles. The Labute approximate surface area is 175 Å². The monoisotopic (exact) mass is 424 g/mol. The maximum absolute atomic E-state index is 12.8. The third-order valence-electron chi connectivity index (χ3n) is 4.27. The molecule has 8 heteroatoms. The number of amides is 1. The summed E-state index contributed by atoms with van der Waals surface area (Å²) < 4.78 is 1.48. The summed E-state index contributed by atoms with van der Waals surface area (Å²) in [6.45, 7) is 1.65. The lowest BCUT2D eigenvalue weighted by Gasteiger charge is -2.12. The lowest BCUT2D eigenvalue weighted by Crippen LogP contribution is -2.23. The van der Waals surface area contributed by atoms with Gasteiger partial charge in [0.15, 0.2) is 5.65 Å². The number of rotatable bonds is 3. The molecule has 0 unspecified atom stereocenters. The zero-order chi connectivity index (χ0) is 20.5. The molecule has 0 radical (unpaired) electrons. The lowest BCUT2D eigenvalue weighted by molar-refractivity contribution is 0.102. The summed E-state index contributed by atoms with van der Waals surface area (Å²) in [5.74, 6) is -0.368. The number of nitrogens with one attached hydrogen (secondary N) is 1. The topological polar surface area (TPSA) is 76.9 Å². The normalized spacial score (nSPS) is 10.9. The molecular weight excluding hydrogens is 411 g/mol. The average Bonchev–Trinajstić information content (AvgIpc) is 2.68. The first-order valence-electron chi connectivity index (χ1n) is 8.64.